The molecule has 6 rings (SSSR count). The number of alkyl carbamates (subject to hydrolysis) is 1. The fourth-order valence-electron chi connectivity index (χ4n) is 8.25. The van der Waals surface area contributed by atoms with Crippen LogP contribution in [0.1, 0.15) is 74.2 Å². The van der Waals surface area contributed by atoms with Crippen molar-refractivity contribution in [3.05, 3.63) is 118 Å². The van der Waals surface area contributed by atoms with Crippen molar-refractivity contribution in [2.24, 2.45) is 5.92 Å². The first-order valence-electron chi connectivity index (χ1n) is 20.5. The Hall–Kier alpha value is -5.26. The van der Waals surface area contributed by atoms with Gasteiger partial charge in [-0.05, 0) is 123 Å². The molecule has 2 aliphatic rings. The molecule has 12 heteroatoms. The predicted molar refractivity (Wildman–Crippen MR) is 232 cm³/mol. The number of nitrogens with one attached hydrogen (secondary N) is 1. The number of esters is 1. The molecule has 1 N–H and O–H groups in total. The number of hydrogen-bond donors (Lipinski definition) is 1. The van der Waals surface area contributed by atoms with Crippen LogP contribution in [0.25, 0.3) is 0 Å². The summed E-state index contributed by atoms with van der Waals surface area (Å²) in [6.45, 7) is 6.42. The third-order valence-electron chi connectivity index (χ3n) is 11.2. The number of ether oxygens (including phenoxy) is 4. The normalized spacial score (nSPS) is 17.7. The molecule has 0 bridgehead atoms. The summed E-state index contributed by atoms with van der Waals surface area (Å²) in [7, 11) is 5.15. The zero-order chi connectivity index (χ0) is 41.9. The molecule has 1 fully saturated rings. The van der Waals surface area contributed by atoms with Crippen LogP contribution in [0.15, 0.2) is 91.0 Å². The molecule has 0 saturated heterocycles. The highest BCUT2D eigenvalue weighted by Gasteiger charge is 2.36. The molecule has 1 aliphatic heterocycles. The largest absolute Gasteiger partial charge is 0.493 e. The molecule has 4 aromatic carbocycles. The van der Waals surface area contributed by atoms with Crippen molar-refractivity contribution in [2.75, 3.05) is 57.2 Å². The number of benzene rings is 4. The molecule has 2 amide bonds. The SMILES string of the molecule is COC(=O)CN(CCCNC(=O)OCc1ccccc1)[C@H]1CC[C@H](CN(C)c2ccc(N3C(=O)Cc4cc(OC)c(OC(C)C)cc4[C@@H]3c3ccc(Cl)cc3)cc2)CC1. The predicted octanol–water partition coefficient (Wildman–Crippen LogP) is 8.60. The van der Waals surface area contributed by atoms with Gasteiger partial charge < -0.3 is 34.1 Å². The first-order chi connectivity index (χ1) is 28.5. The number of rotatable bonds is 17. The Morgan fingerprint density at radius 3 is 2.29 bits per heavy atom. The number of anilines is 2. The van der Waals surface area contributed by atoms with Crippen molar-refractivity contribution in [1.29, 1.82) is 0 Å². The molecule has 1 saturated carbocycles. The summed E-state index contributed by atoms with van der Waals surface area (Å²) in [5.41, 5.74) is 5.66. The van der Waals surface area contributed by atoms with Crippen LogP contribution in [0.5, 0.6) is 11.5 Å². The second-order valence-corrected chi connectivity index (χ2v) is 16.2. The maximum atomic E-state index is 14.0. The minimum Gasteiger partial charge on any atom is -0.493 e. The maximum Gasteiger partial charge on any atom is 0.407 e. The van der Waals surface area contributed by atoms with Crippen molar-refractivity contribution in [3.63, 3.8) is 0 Å². The first-order valence-corrected chi connectivity index (χ1v) is 20.9. The number of hydrogen-bond acceptors (Lipinski definition) is 9. The number of fused-ring (bicyclic) bond motifs is 1. The average Bonchev–Trinajstić information content (AvgIpc) is 3.24. The van der Waals surface area contributed by atoms with Gasteiger partial charge in [0.15, 0.2) is 11.5 Å². The van der Waals surface area contributed by atoms with E-state index in [4.69, 9.17) is 30.5 Å². The van der Waals surface area contributed by atoms with E-state index in [0.717, 1.165) is 65.9 Å². The van der Waals surface area contributed by atoms with Gasteiger partial charge in [0.1, 0.15) is 6.61 Å². The van der Waals surface area contributed by atoms with Gasteiger partial charge in [0.2, 0.25) is 5.91 Å². The number of nitrogens with zero attached hydrogens (tertiary/aromatic N) is 3. The highest BCUT2D eigenvalue weighted by Crippen LogP contribution is 2.44. The molecular formula is C47H57ClN4O7. The van der Waals surface area contributed by atoms with Gasteiger partial charge in [0.05, 0.1) is 39.3 Å². The van der Waals surface area contributed by atoms with Gasteiger partial charge in [0, 0.05) is 49.1 Å². The summed E-state index contributed by atoms with van der Waals surface area (Å²) in [5.74, 6) is 1.48. The van der Waals surface area contributed by atoms with Crippen LogP contribution in [0.4, 0.5) is 16.2 Å². The van der Waals surface area contributed by atoms with Crippen molar-refractivity contribution in [3.8, 4) is 11.5 Å². The Morgan fingerprint density at radius 1 is 0.915 bits per heavy atom. The van der Waals surface area contributed by atoms with Gasteiger partial charge in [-0.25, -0.2) is 4.79 Å². The lowest BCUT2D eigenvalue weighted by Crippen LogP contribution is -2.43. The highest BCUT2D eigenvalue weighted by atomic mass is 35.5. The summed E-state index contributed by atoms with van der Waals surface area (Å²) in [5, 5.41) is 3.46. The van der Waals surface area contributed by atoms with Crippen molar-refractivity contribution >= 4 is 40.9 Å². The van der Waals surface area contributed by atoms with Gasteiger partial charge in [-0.15, -0.1) is 0 Å². The summed E-state index contributed by atoms with van der Waals surface area (Å²) >= 11 is 6.31. The summed E-state index contributed by atoms with van der Waals surface area (Å²) < 4.78 is 22.2. The number of halogens is 1. The van der Waals surface area contributed by atoms with Gasteiger partial charge in [0.25, 0.3) is 0 Å². The Bertz CT molecular complexity index is 2000. The summed E-state index contributed by atoms with van der Waals surface area (Å²) in [6.07, 6.45) is 4.44. The topological polar surface area (TPSA) is 110 Å². The molecule has 11 nitrogen and oxygen atoms in total. The number of amides is 2. The average molecular weight is 825 g/mol. The monoisotopic (exact) mass is 824 g/mol. The van der Waals surface area contributed by atoms with E-state index in [1.54, 1.807) is 7.11 Å². The van der Waals surface area contributed by atoms with E-state index in [0.29, 0.717) is 41.9 Å². The molecule has 59 heavy (non-hydrogen) atoms. The van der Waals surface area contributed by atoms with Crippen LogP contribution in [-0.4, -0.2) is 82.5 Å². The minimum atomic E-state index is -0.451. The standard InChI is InChI=1S/C47H57ClN4O7/c1-32(2)59-43-28-41-36(26-42(43)56-4)27-44(53)52(46(41)35-14-16-37(48)17-15-35)40-22-20-38(21-23-40)50(3)29-33-12-18-39(19-13-33)51(30-45(54)57-5)25-9-24-49-47(55)58-31-34-10-7-6-8-11-34/h6-8,10-11,14-17,20-23,26,28,32-33,39,46H,9,12-13,18-19,24-25,27,29-31H2,1-5H3,(H,49,55)/t33-,39-,46-/m0/s1. The van der Waals surface area contributed by atoms with E-state index in [2.05, 4.69) is 34.3 Å². The Morgan fingerprint density at radius 2 is 1.63 bits per heavy atom. The fourth-order valence-corrected chi connectivity index (χ4v) is 8.38. The number of carbonyl (C=O) groups is 3. The lowest BCUT2D eigenvalue weighted by molar-refractivity contribution is -0.142. The first kappa shape index (κ1) is 43.3. The zero-order valence-corrected chi connectivity index (χ0v) is 35.6. The van der Waals surface area contributed by atoms with E-state index in [1.807, 2.05) is 97.6 Å². The molecule has 0 spiro atoms. The molecule has 0 unspecified atom stereocenters. The third-order valence-corrected chi connectivity index (χ3v) is 11.5. The maximum absolute atomic E-state index is 14.0. The third kappa shape index (κ3) is 11.5. The fraction of sp³-hybridized carbons (Fsp3) is 0.426. The van der Waals surface area contributed by atoms with E-state index >= 15 is 0 Å². The Labute approximate surface area is 353 Å². The van der Waals surface area contributed by atoms with Gasteiger partial charge >= 0.3 is 12.1 Å². The molecular weight excluding hydrogens is 768 g/mol. The summed E-state index contributed by atoms with van der Waals surface area (Å²) in [6, 6.07) is 29.3. The Kier molecular flexibility index (Phi) is 15.1. The lowest BCUT2D eigenvalue weighted by Gasteiger charge is -2.39. The molecule has 1 atom stereocenters. The van der Waals surface area contributed by atoms with E-state index in [-0.39, 0.29) is 49.6 Å². The van der Waals surface area contributed by atoms with E-state index in [1.165, 1.54) is 7.11 Å². The summed E-state index contributed by atoms with van der Waals surface area (Å²) in [4.78, 5) is 45.0. The van der Waals surface area contributed by atoms with Gasteiger partial charge in [-0.2, -0.15) is 0 Å². The molecule has 4 aromatic rings. The smallest absolute Gasteiger partial charge is 0.407 e. The molecule has 0 radical (unpaired) electrons. The van der Waals surface area contributed by atoms with Crippen molar-refractivity contribution in [2.45, 2.75) is 77.2 Å². The zero-order valence-electron chi connectivity index (χ0n) is 34.8. The van der Waals surface area contributed by atoms with Crippen molar-refractivity contribution < 1.29 is 33.3 Å². The number of methoxy groups -OCH3 is 2. The second kappa shape index (κ2) is 20.6. The molecule has 1 heterocycles. The highest BCUT2D eigenvalue weighted by molar-refractivity contribution is 6.30. The minimum absolute atomic E-state index is 0.00579. The van der Waals surface area contributed by atoms with Crippen LogP contribution in [0.3, 0.4) is 0 Å². The van der Waals surface area contributed by atoms with Gasteiger partial charge in [-0.3, -0.25) is 14.5 Å². The van der Waals surface area contributed by atoms with Crippen LogP contribution in [0, 0.1) is 5.92 Å². The number of carbonyl (C=O) groups excluding carboxylic acids is 3. The van der Waals surface area contributed by atoms with Crippen LogP contribution in [0.2, 0.25) is 5.02 Å². The van der Waals surface area contributed by atoms with Crippen LogP contribution < -0.4 is 24.6 Å². The molecule has 1 aliphatic carbocycles. The lowest BCUT2D eigenvalue weighted by atomic mass is 9.84. The quantitative estimate of drug-likeness (QED) is 0.0827. The molecule has 0 aromatic heterocycles. The van der Waals surface area contributed by atoms with E-state index < -0.39 is 6.09 Å². The molecule has 314 valence electrons. The van der Waals surface area contributed by atoms with Crippen LogP contribution >= 0.6 is 11.6 Å². The van der Waals surface area contributed by atoms with Crippen LogP contribution in [-0.2, 0) is 32.1 Å². The van der Waals surface area contributed by atoms with Crippen molar-refractivity contribution in [1.82, 2.24) is 10.2 Å². The van der Waals surface area contributed by atoms with E-state index in [9.17, 15) is 14.4 Å². The second-order valence-electron chi connectivity index (χ2n) is 15.7. The Balaban J connectivity index is 1.06. The van der Waals surface area contributed by atoms with Gasteiger partial charge in [-0.1, -0.05) is 54.1 Å².